The molecule has 0 saturated carbocycles. The molecule has 7 heteroatoms. The van der Waals surface area contributed by atoms with Gasteiger partial charge >= 0.3 is 0 Å². The van der Waals surface area contributed by atoms with Gasteiger partial charge in [0.25, 0.3) is 0 Å². The van der Waals surface area contributed by atoms with Crippen molar-refractivity contribution < 1.29 is 0 Å². The van der Waals surface area contributed by atoms with Crippen molar-refractivity contribution >= 4 is 57.6 Å². The molecule has 5 nitrogen and oxygen atoms in total. The van der Waals surface area contributed by atoms with Gasteiger partial charge in [-0.15, -0.1) is 0 Å². The van der Waals surface area contributed by atoms with Crippen LogP contribution < -0.4 is 41.5 Å². The fourth-order valence-electron chi connectivity index (χ4n) is 9.55. The molecule has 0 N–H and O–H groups in total. The third kappa shape index (κ3) is 7.55. The molecular formula is C59H41N5Si2. The Kier molecular flexibility index (Phi) is 11.5. The van der Waals surface area contributed by atoms with Crippen molar-refractivity contribution in [1.29, 1.82) is 10.5 Å². The zero-order valence-electron chi connectivity index (χ0n) is 35.9. The highest BCUT2D eigenvalue weighted by molar-refractivity contribution is 7.20. The van der Waals surface area contributed by atoms with E-state index in [0.717, 1.165) is 10.8 Å². The Labute approximate surface area is 387 Å². The molecule has 1 heterocycles. The number of nitrogens with zero attached hydrogens (tertiary/aromatic N) is 5. The van der Waals surface area contributed by atoms with Crippen molar-refractivity contribution in [3.8, 4) is 46.3 Å². The molecule has 0 saturated heterocycles. The molecular weight excluding hydrogens is 835 g/mol. The summed E-state index contributed by atoms with van der Waals surface area (Å²) in [7, 11) is -5.97. The van der Waals surface area contributed by atoms with Crippen LogP contribution in [0.2, 0.25) is 0 Å². The summed E-state index contributed by atoms with van der Waals surface area (Å²) in [6.45, 7) is 0. The van der Waals surface area contributed by atoms with Gasteiger partial charge in [0, 0.05) is 16.7 Å². The van der Waals surface area contributed by atoms with E-state index in [-0.39, 0.29) is 0 Å². The Morgan fingerprint density at radius 1 is 0.258 bits per heavy atom. The predicted molar refractivity (Wildman–Crippen MR) is 273 cm³/mol. The second kappa shape index (κ2) is 18.2. The number of rotatable bonds is 11. The van der Waals surface area contributed by atoms with Crippen LogP contribution in [0.3, 0.4) is 0 Å². The second-order valence-electron chi connectivity index (χ2n) is 16.2. The maximum atomic E-state index is 10.8. The average Bonchev–Trinajstić information content (AvgIpc) is 3.41. The van der Waals surface area contributed by atoms with E-state index < -0.39 is 16.1 Å². The van der Waals surface area contributed by atoms with E-state index in [0.29, 0.717) is 39.7 Å². The van der Waals surface area contributed by atoms with Crippen molar-refractivity contribution in [3.63, 3.8) is 0 Å². The molecule has 9 aromatic carbocycles. The Hall–Kier alpha value is -8.60. The summed E-state index contributed by atoms with van der Waals surface area (Å²) in [4.78, 5) is 15.7. The van der Waals surface area contributed by atoms with E-state index in [4.69, 9.17) is 15.0 Å². The quantitative estimate of drug-likeness (QED) is 0.100. The third-order valence-corrected chi connectivity index (χ3v) is 22.0. The van der Waals surface area contributed by atoms with E-state index >= 15 is 0 Å². The monoisotopic (exact) mass is 875 g/mol. The zero-order valence-corrected chi connectivity index (χ0v) is 37.9. The SMILES string of the molecule is N#Cc1cccc(-c2nc(-c3cccc([Si](c4ccccc4)(c4ccccc4)c4ccccc4)c3)nc(-c3cc(C#N)cc([Si](c4ccccc4)(c4ccccc4)c4ccccc4)c3)n2)c1. The normalized spacial score (nSPS) is 11.3. The van der Waals surface area contributed by atoms with Crippen LogP contribution in [-0.4, -0.2) is 31.1 Å². The maximum Gasteiger partial charge on any atom is 0.179 e. The minimum atomic E-state index is -3.06. The summed E-state index contributed by atoms with van der Waals surface area (Å²) in [6.07, 6.45) is 0. The standard InChI is InChI=1S/C59H41N5Si2/c60-42-44-21-19-22-46(37-44)57-62-58(47-23-20-36-55(40-47)65(49-24-7-1-8-25-49,50-26-9-2-10-27-50)51-28-11-3-12-29-51)64-59(63-57)48-38-45(43-61)39-56(41-48)66(52-30-13-4-14-31-52,53-32-15-5-16-33-53)54-34-17-6-18-35-54/h1-41H. The van der Waals surface area contributed by atoms with Crippen molar-refractivity contribution in [2.24, 2.45) is 0 Å². The van der Waals surface area contributed by atoms with Gasteiger partial charge in [0.2, 0.25) is 0 Å². The molecule has 0 fully saturated rings. The van der Waals surface area contributed by atoms with Crippen LogP contribution in [0.5, 0.6) is 0 Å². The molecule has 310 valence electrons. The van der Waals surface area contributed by atoms with E-state index in [1.54, 1.807) is 6.07 Å². The van der Waals surface area contributed by atoms with E-state index in [1.165, 1.54) is 36.3 Å². The van der Waals surface area contributed by atoms with Gasteiger partial charge in [-0.1, -0.05) is 224 Å². The smallest absolute Gasteiger partial charge is 0.179 e. The van der Waals surface area contributed by atoms with Gasteiger partial charge in [-0.2, -0.15) is 10.5 Å². The van der Waals surface area contributed by atoms with Crippen LogP contribution in [-0.2, 0) is 0 Å². The number of benzene rings is 9. The first-order valence-electron chi connectivity index (χ1n) is 21.9. The summed E-state index contributed by atoms with van der Waals surface area (Å²) < 4.78 is 0. The fraction of sp³-hybridized carbons (Fsp3) is 0. The van der Waals surface area contributed by atoms with E-state index in [2.05, 4.69) is 206 Å². The fourth-order valence-corrected chi connectivity index (χ4v) is 19.2. The molecule has 0 spiro atoms. The lowest BCUT2D eigenvalue weighted by Gasteiger charge is -2.34. The minimum Gasteiger partial charge on any atom is -0.208 e. The second-order valence-corrected chi connectivity index (χ2v) is 23.8. The maximum absolute atomic E-state index is 10.8. The van der Waals surface area contributed by atoms with Gasteiger partial charge in [0.15, 0.2) is 33.6 Å². The zero-order chi connectivity index (χ0) is 44.8. The Bertz CT molecular complexity index is 3180. The molecule has 66 heavy (non-hydrogen) atoms. The van der Waals surface area contributed by atoms with Crippen LogP contribution in [0.4, 0.5) is 0 Å². The molecule has 0 aliphatic rings. The van der Waals surface area contributed by atoms with Crippen LogP contribution in [0.25, 0.3) is 34.2 Å². The molecule has 10 aromatic rings. The molecule has 0 radical (unpaired) electrons. The Balaban J connectivity index is 1.24. The molecule has 0 unspecified atom stereocenters. The largest absolute Gasteiger partial charge is 0.208 e. The number of nitriles is 2. The molecule has 10 rings (SSSR count). The summed E-state index contributed by atoms with van der Waals surface area (Å²) in [5.41, 5.74) is 3.22. The number of hydrogen-bond acceptors (Lipinski definition) is 5. The van der Waals surface area contributed by atoms with Crippen LogP contribution in [0, 0.1) is 22.7 Å². The van der Waals surface area contributed by atoms with Gasteiger partial charge in [-0.25, -0.2) is 15.0 Å². The molecule has 1 aromatic heterocycles. The number of hydrogen-bond donors (Lipinski definition) is 0. The van der Waals surface area contributed by atoms with Gasteiger partial charge in [0.05, 0.1) is 23.3 Å². The average molecular weight is 876 g/mol. The van der Waals surface area contributed by atoms with Gasteiger partial charge in [0.1, 0.15) is 0 Å². The lowest BCUT2D eigenvalue weighted by Crippen LogP contribution is -2.74. The molecule has 0 atom stereocenters. The summed E-state index contributed by atoms with van der Waals surface area (Å²) in [5, 5.41) is 30.3. The van der Waals surface area contributed by atoms with Crippen molar-refractivity contribution in [1.82, 2.24) is 15.0 Å². The van der Waals surface area contributed by atoms with Crippen molar-refractivity contribution in [3.05, 3.63) is 260 Å². The lowest BCUT2D eigenvalue weighted by molar-refractivity contribution is 1.07. The first kappa shape index (κ1) is 41.4. The van der Waals surface area contributed by atoms with Crippen molar-refractivity contribution in [2.75, 3.05) is 0 Å². The van der Waals surface area contributed by atoms with E-state index in [1.807, 2.05) is 48.5 Å². The summed E-state index contributed by atoms with van der Waals surface area (Å²) >= 11 is 0. The van der Waals surface area contributed by atoms with Crippen molar-refractivity contribution in [2.45, 2.75) is 0 Å². The van der Waals surface area contributed by atoms with Gasteiger partial charge in [-0.05, 0) is 65.8 Å². The first-order valence-corrected chi connectivity index (χ1v) is 25.9. The topological polar surface area (TPSA) is 86.2 Å². The first-order chi connectivity index (χ1) is 32.6. The van der Waals surface area contributed by atoms with Gasteiger partial charge in [-0.3, -0.25) is 0 Å². The molecule has 0 amide bonds. The van der Waals surface area contributed by atoms with Crippen LogP contribution in [0.15, 0.2) is 249 Å². The van der Waals surface area contributed by atoms with Crippen LogP contribution in [0.1, 0.15) is 11.1 Å². The molecule has 0 aliphatic heterocycles. The molecule has 0 aliphatic carbocycles. The lowest BCUT2D eigenvalue weighted by atomic mass is 10.1. The highest BCUT2D eigenvalue weighted by atomic mass is 28.3. The third-order valence-electron chi connectivity index (χ3n) is 12.4. The Morgan fingerprint density at radius 2 is 0.561 bits per heavy atom. The van der Waals surface area contributed by atoms with Crippen LogP contribution >= 0.6 is 0 Å². The highest BCUT2D eigenvalue weighted by Crippen LogP contribution is 2.27. The van der Waals surface area contributed by atoms with Gasteiger partial charge < -0.3 is 0 Å². The Morgan fingerprint density at radius 3 is 0.955 bits per heavy atom. The summed E-state index contributed by atoms with van der Waals surface area (Å²) in [6, 6.07) is 91.4. The summed E-state index contributed by atoms with van der Waals surface area (Å²) in [5.74, 6) is 1.34. The van der Waals surface area contributed by atoms with E-state index in [9.17, 15) is 10.5 Å². The molecule has 0 bridgehead atoms. The predicted octanol–water partition coefficient (Wildman–Crippen LogP) is 7.37. The number of aromatic nitrogens is 3. The minimum absolute atomic E-state index is 0.427. The highest BCUT2D eigenvalue weighted by Gasteiger charge is 2.43.